The van der Waals surface area contributed by atoms with Gasteiger partial charge in [-0.25, -0.2) is 4.98 Å². The number of aromatic nitrogens is 2. The first-order valence-corrected chi connectivity index (χ1v) is 10.3. The number of nitrogens with one attached hydrogen (secondary N) is 2. The minimum Gasteiger partial charge on any atom is -0.364 e. The van der Waals surface area contributed by atoms with Gasteiger partial charge in [-0.3, -0.25) is 19.7 Å². The van der Waals surface area contributed by atoms with Crippen LogP contribution in [-0.4, -0.2) is 27.6 Å². The molecule has 0 bridgehead atoms. The number of ketones is 1. The number of nitrogens with zero attached hydrogens (tertiary/aromatic N) is 1. The smallest absolute Gasteiger partial charge is 0.265 e. The van der Waals surface area contributed by atoms with Crippen molar-refractivity contribution in [3.05, 3.63) is 94.1 Å². The van der Waals surface area contributed by atoms with Crippen molar-refractivity contribution in [2.45, 2.75) is 6.92 Å². The molecule has 4 aromatic rings. The zero-order chi connectivity index (χ0) is 22.0. The molecule has 2 heterocycles. The van der Waals surface area contributed by atoms with E-state index in [9.17, 15) is 14.4 Å². The summed E-state index contributed by atoms with van der Waals surface area (Å²) in [4.78, 5) is 44.3. The number of benzene rings is 2. The molecule has 7 nitrogen and oxygen atoms in total. The van der Waals surface area contributed by atoms with Crippen LogP contribution in [0.5, 0.6) is 0 Å². The molecule has 0 atom stereocenters. The summed E-state index contributed by atoms with van der Waals surface area (Å²) in [5.74, 6) is -1.22. The Morgan fingerprint density at radius 2 is 1.74 bits per heavy atom. The van der Waals surface area contributed by atoms with Crippen molar-refractivity contribution in [2.24, 2.45) is 5.73 Å². The van der Waals surface area contributed by atoms with Gasteiger partial charge in [0.05, 0.1) is 11.3 Å². The molecule has 2 aromatic carbocycles. The molecule has 0 saturated heterocycles. The van der Waals surface area contributed by atoms with E-state index >= 15 is 0 Å². The topological polar surface area (TPSA) is 118 Å². The van der Waals surface area contributed by atoms with Gasteiger partial charge in [0.15, 0.2) is 10.9 Å². The second kappa shape index (κ2) is 8.37. The fraction of sp³-hybridized carbons (Fsp3) is 0.0435. The van der Waals surface area contributed by atoms with E-state index in [1.54, 1.807) is 54.0 Å². The van der Waals surface area contributed by atoms with E-state index in [0.717, 1.165) is 5.56 Å². The summed E-state index contributed by atoms with van der Waals surface area (Å²) in [5.41, 5.74) is 8.95. The number of aryl methyl sites for hydroxylation is 1. The predicted octanol–water partition coefficient (Wildman–Crippen LogP) is 4.03. The second-order valence-corrected chi connectivity index (χ2v) is 7.76. The van der Waals surface area contributed by atoms with Crippen molar-refractivity contribution in [2.75, 3.05) is 5.32 Å². The van der Waals surface area contributed by atoms with Crippen LogP contribution in [-0.2, 0) is 0 Å². The Morgan fingerprint density at radius 3 is 2.42 bits per heavy atom. The van der Waals surface area contributed by atoms with Gasteiger partial charge in [0.25, 0.3) is 11.8 Å². The number of rotatable bonds is 6. The molecular weight excluding hydrogens is 412 g/mol. The van der Waals surface area contributed by atoms with E-state index in [1.807, 2.05) is 19.1 Å². The lowest BCUT2D eigenvalue weighted by Gasteiger charge is -2.08. The maximum absolute atomic E-state index is 12.9. The first-order valence-electron chi connectivity index (χ1n) is 9.38. The molecule has 2 amide bonds. The van der Waals surface area contributed by atoms with Crippen molar-refractivity contribution >= 4 is 34.1 Å². The molecule has 0 aliphatic rings. The third kappa shape index (κ3) is 4.29. The number of carbonyl (C=O) groups excluding carboxylic acids is 3. The summed E-state index contributed by atoms with van der Waals surface area (Å²) >= 11 is 1.24. The van der Waals surface area contributed by atoms with Crippen LogP contribution in [0.25, 0.3) is 11.3 Å². The van der Waals surface area contributed by atoms with Gasteiger partial charge >= 0.3 is 0 Å². The van der Waals surface area contributed by atoms with Gasteiger partial charge in [-0.1, -0.05) is 48.0 Å². The normalized spacial score (nSPS) is 10.6. The summed E-state index contributed by atoms with van der Waals surface area (Å²) in [5, 5.41) is 4.88. The molecule has 2 aromatic heterocycles. The Labute approximate surface area is 182 Å². The van der Waals surface area contributed by atoms with E-state index in [1.165, 1.54) is 11.3 Å². The van der Waals surface area contributed by atoms with Gasteiger partial charge in [0.1, 0.15) is 5.69 Å². The molecule has 0 aliphatic carbocycles. The standard InChI is InChI=1S/C23H18N4O3S/c1-13-6-8-14(9-7-13)20(28)16-4-2-3-5-17(16)22(30)27-23-26-19(12-31-23)15-10-18(21(24)29)25-11-15/h2-12,25H,1H3,(H2,24,29)(H,26,27,30). The summed E-state index contributed by atoms with van der Waals surface area (Å²) < 4.78 is 0. The van der Waals surface area contributed by atoms with Gasteiger partial charge < -0.3 is 10.7 Å². The molecular formula is C23H18N4O3S. The van der Waals surface area contributed by atoms with Crippen LogP contribution < -0.4 is 11.1 Å². The zero-order valence-electron chi connectivity index (χ0n) is 16.5. The van der Waals surface area contributed by atoms with Crippen LogP contribution in [0, 0.1) is 6.92 Å². The number of hydrogen-bond acceptors (Lipinski definition) is 5. The van der Waals surface area contributed by atoms with E-state index < -0.39 is 11.8 Å². The monoisotopic (exact) mass is 430 g/mol. The van der Waals surface area contributed by atoms with Crippen LogP contribution in [0.15, 0.2) is 66.2 Å². The first kappa shape index (κ1) is 20.2. The Balaban J connectivity index is 1.56. The highest BCUT2D eigenvalue weighted by Gasteiger charge is 2.19. The van der Waals surface area contributed by atoms with Gasteiger partial charge in [0, 0.05) is 28.3 Å². The van der Waals surface area contributed by atoms with E-state index in [-0.39, 0.29) is 17.0 Å². The summed E-state index contributed by atoms with van der Waals surface area (Å²) in [6, 6.07) is 15.5. The number of hydrogen-bond donors (Lipinski definition) is 3. The highest BCUT2D eigenvalue weighted by molar-refractivity contribution is 7.14. The average molecular weight is 430 g/mol. The van der Waals surface area contributed by atoms with Gasteiger partial charge in [0.2, 0.25) is 0 Å². The Kier molecular flexibility index (Phi) is 5.46. The van der Waals surface area contributed by atoms with Crippen LogP contribution in [0.1, 0.15) is 42.3 Å². The highest BCUT2D eigenvalue weighted by Crippen LogP contribution is 2.26. The van der Waals surface area contributed by atoms with Crippen LogP contribution in [0.2, 0.25) is 0 Å². The number of carbonyl (C=O) groups is 3. The molecule has 0 spiro atoms. The van der Waals surface area contributed by atoms with Gasteiger partial charge in [-0.2, -0.15) is 0 Å². The van der Waals surface area contributed by atoms with Crippen molar-refractivity contribution in [1.82, 2.24) is 9.97 Å². The van der Waals surface area contributed by atoms with Gasteiger partial charge in [-0.05, 0) is 19.1 Å². The molecule has 0 fully saturated rings. The Morgan fingerprint density at radius 1 is 1.03 bits per heavy atom. The van der Waals surface area contributed by atoms with Crippen LogP contribution >= 0.6 is 11.3 Å². The number of anilines is 1. The third-order valence-corrected chi connectivity index (χ3v) is 5.46. The number of H-pyrrole nitrogens is 1. The van der Waals surface area contributed by atoms with Crippen LogP contribution in [0.3, 0.4) is 0 Å². The Bertz CT molecular complexity index is 1290. The van der Waals surface area contributed by atoms with E-state index in [2.05, 4.69) is 15.3 Å². The van der Waals surface area contributed by atoms with Crippen molar-refractivity contribution in [3.8, 4) is 11.3 Å². The number of primary amides is 1. The molecule has 0 radical (unpaired) electrons. The van der Waals surface area contributed by atoms with E-state index in [4.69, 9.17) is 5.73 Å². The lowest BCUT2D eigenvalue weighted by Crippen LogP contribution is -2.16. The second-order valence-electron chi connectivity index (χ2n) is 6.90. The fourth-order valence-electron chi connectivity index (χ4n) is 3.05. The third-order valence-electron chi connectivity index (χ3n) is 4.70. The minimum atomic E-state index is -0.565. The van der Waals surface area contributed by atoms with Crippen molar-refractivity contribution in [3.63, 3.8) is 0 Å². The molecule has 0 unspecified atom stereocenters. The molecule has 4 rings (SSSR count). The van der Waals surface area contributed by atoms with E-state index in [0.29, 0.717) is 27.5 Å². The number of thiazole rings is 1. The quantitative estimate of drug-likeness (QED) is 0.400. The number of aromatic amines is 1. The summed E-state index contributed by atoms with van der Waals surface area (Å²) in [6.45, 7) is 1.94. The van der Waals surface area contributed by atoms with Gasteiger partial charge in [-0.15, -0.1) is 11.3 Å². The van der Waals surface area contributed by atoms with Crippen molar-refractivity contribution in [1.29, 1.82) is 0 Å². The molecule has 0 saturated carbocycles. The summed E-state index contributed by atoms with van der Waals surface area (Å²) in [6.07, 6.45) is 1.62. The largest absolute Gasteiger partial charge is 0.364 e. The fourth-order valence-corrected chi connectivity index (χ4v) is 3.77. The maximum Gasteiger partial charge on any atom is 0.265 e. The SMILES string of the molecule is Cc1ccc(C(=O)c2ccccc2C(=O)Nc2nc(-c3c[nH]c(C(N)=O)c3)cs2)cc1. The average Bonchev–Trinajstić information content (AvgIpc) is 3.43. The van der Waals surface area contributed by atoms with Crippen LogP contribution in [0.4, 0.5) is 5.13 Å². The summed E-state index contributed by atoms with van der Waals surface area (Å²) in [7, 11) is 0. The molecule has 0 aliphatic heterocycles. The van der Waals surface area contributed by atoms with Crippen molar-refractivity contribution < 1.29 is 14.4 Å². The lowest BCUT2D eigenvalue weighted by molar-refractivity contribution is 0.0993. The molecule has 154 valence electrons. The maximum atomic E-state index is 12.9. The number of nitrogens with two attached hydrogens (primary N) is 1. The number of amides is 2. The highest BCUT2D eigenvalue weighted by atomic mass is 32.1. The predicted molar refractivity (Wildman–Crippen MR) is 119 cm³/mol. The molecule has 4 N–H and O–H groups in total. The molecule has 31 heavy (non-hydrogen) atoms. The first-order chi connectivity index (χ1) is 14.9. The lowest BCUT2D eigenvalue weighted by atomic mass is 9.97. The Hall–Kier alpha value is -4.04. The minimum absolute atomic E-state index is 0.225. The molecule has 8 heteroatoms. The zero-order valence-corrected chi connectivity index (χ0v) is 17.3.